The van der Waals surface area contributed by atoms with E-state index >= 15 is 0 Å². The molecule has 1 aliphatic heterocycles. The summed E-state index contributed by atoms with van der Waals surface area (Å²) in [5.41, 5.74) is 2.63. The molecule has 1 saturated heterocycles. The van der Waals surface area contributed by atoms with Crippen LogP contribution >= 0.6 is 0 Å². The standard InChI is InChI=1S/C16H26N2O2S/c1-4-21(19,20)18-10-8-14(9-11-18)16-7-5-6-15(12-16)13(2)17-3/h5-7,12-14,17H,4,8-11H2,1-3H3. The number of rotatable bonds is 5. The quantitative estimate of drug-likeness (QED) is 0.909. The average Bonchev–Trinajstić information content (AvgIpc) is 2.54. The maximum absolute atomic E-state index is 11.9. The van der Waals surface area contributed by atoms with Gasteiger partial charge in [-0.2, -0.15) is 0 Å². The maximum atomic E-state index is 11.9. The molecule has 2 rings (SSSR count). The van der Waals surface area contributed by atoms with Crippen molar-refractivity contribution in [1.82, 2.24) is 9.62 Å². The predicted molar refractivity (Wildman–Crippen MR) is 86.9 cm³/mol. The van der Waals surface area contributed by atoms with Crippen LogP contribution in [0.3, 0.4) is 0 Å². The molecule has 1 fully saturated rings. The molecule has 0 radical (unpaired) electrons. The van der Waals surface area contributed by atoms with Crippen molar-refractivity contribution in [2.45, 2.75) is 38.6 Å². The number of benzene rings is 1. The highest BCUT2D eigenvalue weighted by Gasteiger charge is 2.27. The molecule has 0 aromatic heterocycles. The van der Waals surface area contributed by atoms with Crippen molar-refractivity contribution in [2.24, 2.45) is 0 Å². The molecule has 1 aliphatic rings. The molecule has 4 nitrogen and oxygen atoms in total. The van der Waals surface area contributed by atoms with Gasteiger partial charge in [0.1, 0.15) is 0 Å². The number of nitrogens with one attached hydrogen (secondary N) is 1. The van der Waals surface area contributed by atoms with Crippen LogP contribution in [0.25, 0.3) is 0 Å². The van der Waals surface area contributed by atoms with Gasteiger partial charge in [-0.3, -0.25) is 0 Å². The summed E-state index contributed by atoms with van der Waals surface area (Å²) in [4.78, 5) is 0. The summed E-state index contributed by atoms with van der Waals surface area (Å²) < 4.78 is 25.4. The van der Waals surface area contributed by atoms with Crippen LogP contribution in [-0.4, -0.2) is 38.6 Å². The third-order valence-corrected chi connectivity index (χ3v) is 6.41. The molecule has 0 saturated carbocycles. The Morgan fingerprint density at radius 3 is 2.57 bits per heavy atom. The average molecular weight is 310 g/mol. The minimum absolute atomic E-state index is 0.201. The third-order valence-electron chi connectivity index (χ3n) is 4.53. The van der Waals surface area contributed by atoms with E-state index < -0.39 is 10.0 Å². The lowest BCUT2D eigenvalue weighted by atomic mass is 9.88. The smallest absolute Gasteiger partial charge is 0.213 e. The van der Waals surface area contributed by atoms with Crippen molar-refractivity contribution in [2.75, 3.05) is 25.9 Å². The van der Waals surface area contributed by atoms with Gasteiger partial charge in [0.25, 0.3) is 0 Å². The summed E-state index contributed by atoms with van der Waals surface area (Å²) in [6.45, 7) is 5.15. The number of sulfonamides is 1. The van der Waals surface area contributed by atoms with Crippen molar-refractivity contribution in [1.29, 1.82) is 0 Å². The number of piperidine rings is 1. The first kappa shape index (κ1) is 16.5. The fourth-order valence-electron chi connectivity index (χ4n) is 2.90. The van der Waals surface area contributed by atoms with Gasteiger partial charge in [-0.1, -0.05) is 24.3 Å². The molecule has 0 bridgehead atoms. The highest BCUT2D eigenvalue weighted by molar-refractivity contribution is 7.89. The molecule has 1 atom stereocenters. The zero-order valence-electron chi connectivity index (χ0n) is 13.2. The summed E-state index contributed by atoms with van der Waals surface area (Å²) in [5.74, 6) is 0.671. The molecule has 1 N–H and O–H groups in total. The summed E-state index contributed by atoms with van der Waals surface area (Å²) in [5, 5.41) is 3.26. The largest absolute Gasteiger partial charge is 0.313 e. The van der Waals surface area contributed by atoms with E-state index in [1.54, 1.807) is 11.2 Å². The third kappa shape index (κ3) is 3.84. The van der Waals surface area contributed by atoms with E-state index in [9.17, 15) is 8.42 Å². The number of hydrogen-bond acceptors (Lipinski definition) is 3. The van der Waals surface area contributed by atoms with E-state index in [0.29, 0.717) is 25.0 Å². The molecular weight excluding hydrogens is 284 g/mol. The molecule has 1 unspecified atom stereocenters. The maximum Gasteiger partial charge on any atom is 0.213 e. The lowest BCUT2D eigenvalue weighted by molar-refractivity contribution is 0.320. The Kier molecular flexibility index (Phi) is 5.41. The Morgan fingerprint density at radius 2 is 2.00 bits per heavy atom. The molecule has 118 valence electrons. The topological polar surface area (TPSA) is 49.4 Å². The summed E-state index contributed by atoms with van der Waals surface area (Å²) in [6.07, 6.45) is 1.83. The second-order valence-electron chi connectivity index (χ2n) is 5.75. The van der Waals surface area contributed by atoms with Gasteiger partial charge >= 0.3 is 0 Å². The first-order chi connectivity index (χ1) is 9.97. The highest BCUT2D eigenvalue weighted by Crippen LogP contribution is 2.30. The lowest BCUT2D eigenvalue weighted by Crippen LogP contribution is -2.38. The van der Waals surface area contributed by atoms with Crippen LogP contribution < -0.4 is 5.32 Å². The normalized spacial score (nSPS) is 19.6. The van der Waals surface area contributed by atoms with Gasteiger partial charge in [0.05, 0.1) is 5.75 Å². The molecule has 5 heteroatoms. The first-order valence-corrected chi connectivity index (χ1v) is 9.33. The predicted octanol–water partition coefficient (Wildman–Crippen LogP) is 2.50. The molecule has 0 amide bonds. The van der Waals surface area contributed by atoms with E-state index in [0.717, 1.165) is 12.8 Å². The van der Waals surface area contributed by atoms with E-state index in [4.69, 9.17) is 0 Å². The minimum atomic E-state index is -3.03. The first-order valence-electron chi connectivity index (χ1n) is 7.73. The summed E-state index contributed by atoms with van der Waals surface area (Å²) in [6, 6.07) is 9.01. The lowest BCUT2D eigenvalue weighted by Gasteiger charge is -2.31. The Hall–Kier alpha value is -0.910. The zero-order valence-corrected chi connectivity index (χ0v) is 14.0. The fourth-order valence-corrected chi connectivity index (χ4v) is 4.03. The van der Waals surface area contributed by atoms with Crippen LogP contribution in [0, 0.1) is 0 Å². The van der Waals surface area contributed by atoms with Gasteiger partial charge in [0.2, 0.25) is 10.0 Å². The second kappa shape index (κ2) is 6.90. The monoisotopic (exact) mass is 310 g/mol. The van der Waals surface area contributed by atoms with Crippen LogP contribution in [0.2, 0.25) is 0 Å². The Balaban J connectivity index is 2.06. The van der Waals surface area contributed by atoms with E-state index in [2.05, 4.69) is 36.5 Å². The molecule has 1 aromatic rings. The summed E-state index contributed by atoms with van der Waals surface area (Å²) in [7, 11) is -1.07. The van der Waals surface area contributed by atoms with Gasteiger partial charge < -0.3 is 5.32 Å². The molecule has 1 aromatic carbocycles. The van der Waals surface area contributed by atoms with E-state index in [1.165, 1.54) is 11.1 Å². The Labute approximate surface area is 128 Å². The van der Waals surface area contributed by atoms with Gasteiger partial charge in [-0.25, -0.2) is 12.7 Å². The van der Waals surface area contributed by atoms with Crippen molar-refractivity contribution >= 4 is 10.0 Å². The van der Waals surface area contributed by atoms with Crippen molar-refractivity contribution in [3.63, 3.8) is 0 Å². The van der Waals surface area contributed by atoms with Gasteiger partial charge in [-0.05, 0) is 50.8 Å². The number of nitrogens with zero attached hydrogens (tertiary/aromatic N) is 1. The summed E-state index contributed by atoms with van der Waals surface area (Å²) >= 11 is 0. The zero-order chi connectivity index (χ0) is 15.5. The van der Waals surface area contributed by atoms with Gasteiger partial charge in [0, 0.05) is 19.1 Å². The van der Waals surface area contributed by atoms with Crippen molar-refractivity contribution in [3.8, 4) is 0 Å². The van der Waals surface area contributed by atoms with Crippen LogP contribution in [-0.2, 0) is 10.0 Å². The van der Waals surface area contributed by atoms with E-state index in [1.807, 2.05) is 7.05 Å². The van der Waals surface area contributed by atoms with Gasteiger partial charge in [-0.15, -0.1) is 0 Å². The van der Waals surface area contributed by atoms with Crippen LogP contribution in [0.15, 0.2) is 24.3 Å². The molecule has 0 spiro atoms. The molecule has 1 heterocycles. The Bertz CT molecular complexity index is 563. The van der Waals surface area contributed by atoms with Crippen molar-refractivity contribution < 1.29 is 8.42 Å². The van der Waals surface area contributed by atoms with Gasteiger partial charge in [0.15, 0.2) is 0 Å². The van der Waals surface area contributed by atoms with Crippen molar-refractivity contribution in [3.05, 3.63) is 35.4 Å². The van der Waals surface area contributed by atoms with Crippen LogP contribution in [0.1, 0.15) is 49.8 Å². The molecular formula is C16H26N2O2S. The van der Waals surface area contributed by atoms with Crippen LogP contribution in [0.4, 0.5) is 0 Å². The SMILES string of the molecule is CCS(=O)(=O)N1CCC(c2cccc(C(C)NC)c2)CC1. The minimum Gasteiger partial charge on any atom is -0.313 e. The molecule has 0 aliphatic carbocycles. The second-order valence-corrected chi connectivity index (χ2v) is 8.01. The molecule has 21 heavy (non-hydrogen) atoms. The highest BCUT2D eigenvalue weighted by atomic mass is 32.2. The number of hydrogen-bond donors (Lipinski definition) is 1. The fraction of sp³-hybridized carbons (Fsp3) is 0.625. The Morgan fingerprint density at radius 1 is 1.33 bits per heavy atom. The van der Waals surface area contributed by atoms with E-state index in [-0.39, 0.29) is 5.75 Å². The van der Waals surface area contributed by atoms with Crippen LogP contribution in [0.5, 0.6) is 0 Å².